The van der Waals surface area contributed by atoms with E-state index in [2.05, 4.69) is 20.8 Å². The summed E-state index contributed by atoms with van der Waals surface area (Å²) < 4.78 is 28.4. The van der Waals surface area contributed by atoms with Gasteiger partial charge >= 0.3 is 0 Å². The molecule has 124 valence electrons. The first kappa shape index (κ1) is 15.2. The van der Waals surface area contributed by atoms with E-state index in [4.69, 9.17) is 0 Å². The van der Waals surface area contributed by atoms with Crippen molar-refractivity contribution in [1.29, 1.82) is 0 Å². The number of hydrogen-bond acceptors (Lipinski definition) is 4. The summed E-state index contributed by atoms with van der Waals surface area (Å²) in [4.78, 5) is 0. The van der Waals surface area contributed by atoms with Gasteiger partial charge in [0.15, 0.2) is 5.65 Å². The average Bonchev–Trinajstić information content (AvgIpc) is 3.10. The van der Waals surface area contributed by atoms with Crippen LogP contribution in [0, 0.1) is 11.6 Å². The normalized spacial score (nSPS) is 11.0. The highest BCUT2D eigenvalue weighted by atomic mass is 19.1. The number of anilines is 1. The molecule has 0 atom stereocenters. The van der Waals surface area contributed by atoms with Crippen molar-refractivity contribution < 1.29 is 8.78 Å². The zero-order valence-electron chi connectivity index (χ0n) is 13.0. The zero-order chi connectivity index (χ0) is 17.2. The van der Waals surface area contributed by atoms with Crippen molar-refractivity contribution in [3.05, 3.63) is 78.0 Å². The van der Waals surface area contributed by atoms with Gasteiger partial charge < -0.3 is 5.32 Å². The summed E-state index contributed by atoms with van der Waals surface area (Å²) in [5.41, 5.74) is 3.56. The SMILES string of the molecule is Fc1ccc(NCc2cc(-c3ccccc3)cn3nnnc23)c(F)c1. The van der Waals surface area contributed by atoms with Crippen LogP contribution in [0.25, 0.3) is 16.8 Å². The Bertz CT molecular complexity index is 1030. The fraction of sp³-hybridized carbons (Fsp3) is 0.0556. The topological polar surface area (TPSA) is 55.1 Å². The number of hydrogen-bond donors (Lipinski definition) is 1. The number of halogens is 2. The molecule has 0 amide bonds. The quantitative estimate of drug-likeness (QED) is 0.617. The number of tetrazole rings is 1. The molecule has 25 heavy (non-hydrogen) atoms. The minimum absolute atomic E-state index is 0.220. The van der Waals surface area contributed by atoms with Crippen molar-refractivity contribution >= 4 is 11.3 Å². The summed E-state index contributed by atoms with van der Waals surface area (Å²) in [6.07, 6.45) is 1.84. The number of fused-ring (bicyclic) bond motifs is 1. The van der Waals surface area contributed by atoms with Crippen LogP contribution in [0.5, 0.6) is 0 Å². The first-order chi connectivity index (χ1) is 12.2. The van der Waals surface area contributed by atoms with Gasteiger partial charge in [0, 0.05) is 29.9 Å². The predicted molar refractivity (Wildman–Crippen MR) is 89.9 cm³/mol. The molecular weight excluding hydrogens is 324 g/mol. The van der Waals surface area contributed by atoms with Gasteiger partial charge in [0.25, 0.3) is 0 Å². The summed E-state index contributed by atoms with van der Waals surface area (Å²) in [7, 11) is 0. The summed E-state index contributed by atoms with van der Waals surface area (Å²) in [5, 5.41) is 14.6. The molecule has 7 heteroatoms. The summed E-state index contributed by atoms with van der Waals surface area (Å²) in [6.45, 7) is 0.299. The number of aromatic nitrogens is 4. The lowest BCUT2D eigenvalue weighted by Gasteiger charge is -2.10. The maximum absolute atomic E-state index is 13.8. The predicted octanol–water partition coefficient (Wildman–Crippen LogP) is 3.68. The fourth-order valence-electron chi connectivity index (χ4n) is 2.66. The van der Waals surface area contributed by atoms with Gasteiger partial charge in [0.05, 0.1) is 5.69 Å². The maximum atomic E-state index is 13.8. The number of nitrogens with one attached hydrogen (secondary N) is 1. The van der Waals surface area contributed by atoms with Gasteiger partial charge in [-0.1, -0.05) is 30.3 Å². The Kier molecular flexibility index (Phi) is 3.81. The minimum Gasteiger partial charge on any atom is -0.378 e. The van der Waals surface area contributed by atoms with E-state index in [0.29, 0.717) is 12.2 Å². The second-order valence-corrected chi connectivity index (χ2v) is 5.54. The highest BCUT2D eigenvalue weighted by Crippen LogP contribution is 2.23. The Morgan fingerprint density at radius 3 is 2.60 bits per heavy atom. The summed E-state index contributed by atoms with van der Waals surface area (Å²) in [5.74, 6) is -1.26. The van der Waals surface area contributed by atoms with Crippen LogP contribution in [0.3, 0.4) is 0 Å². The fourth-order valence-corrected chi connectivity index (χ4v) is 2.66. The van der Waals surface area contributed by atoms with Gasteiger partial charge in [-0.2, -0.15) is 4.52 Å². The van der Waals surface area contributed by atoms with Gasteiger partial charge in [-0.3, -0.25) is 0 Å². The third kappa shape index (κ3) is 3.03. The second kappa shape index (κ2) is 6.27. The molecule has 2 aromatic heterocycles. The van der Waals surface area contributed by atoms with E-state index in [0.717, 1.165) is 22.8 Å². The van der Waals surface area contributed by atoms with Crippen LogP contribution in [0.4, 0.5) is 14.5 Å². The van der Waals surface area contributed by atoms with Crippen LogP contribution >= 0.6 is 0 Å². The third-order valence-electron chi connectivity index (χ3n) is 3.88. The van der Waals surface area contributed by atoms with Crippen LogP contribution < -0.4 is 5.32 Å². The lowest BCUT2D eigenvalue weighted by atomic mass is 10.1. The van der Waals surface area contributed by atoms with E-state index >= 15 is 0 Å². The van der Waals surface area contributed by atoms with Gasteiger partial charge in [-0.25, -0.2) is 8.78 Å². The smallest absolute Gasteiger partial charge is 0.184 e. The molecule has 2 aromatic carbocycles. The third-order valence-corrected chi connectivity index (χ3v) is 3.88. The van der Waals surface area contributed by atoms with Gasteiger partial charge in [-0.15, -0.1) is 5.10 Å². The molecule has 0 fully saturated rings. The summed E-state index contributed by atoms with van der Waals surface area (Å²) >= 11 is 0. The second-order valence-electron chi connectivity index (χ2n) is 5.54. The largest absolute Gasteiger partial charge is 0.378 e. The van der Waals surface area contributed by atoms with Gasteiger partial charge in [0.2, 0.25) is 0 Å². The van der Waals surface area contributed by atoms with Crippen LogP contribution in [-0.4, -0.2) is 20.0 Å². The Hall–Kier alpha value is -3.35. The van der Waals surface area contributed by atoms with E-state index < -0.39 is 11.6 Å². The molecule has 0 spiro atoms. The first-order valence-corrected chi connectivity index (χ1v) is 7.66. The van der Waals surface area contributed by atoms with Crippen LogP contribution in [0.1, 0.15) is 5.56 Å². The van der Waals surface area contributed by atoms with Crippen molar-refractivity contribution in [3.8, 4) is 11.1 Å². The lowest BCUT2D eigenvalue weighted by molar-refractivity contribution is 0.585. The van der Waals surface area contributed by atoms with Crippen LogP contribution in [0.15, 0.2) is 60.8 Å². The van der Waals surface area contributed by atoms with Gasteiger partial charge in [0.1, 0.15) is 11.6 Å². The van der Waals surface area contributed by atoms with E-state index in [9.17, 15) is 8.78 Å². The number of rotatable bonds is 4. The molecule has 0 bridgehead atoms. The Balaban J connectivity index is 1.70. The van der Waals surface area contributed by atoms with E-state index in [-0.39, 0.29) is 5.69 Å². The Morgan fingerprint density at radius 2 is 1.80 bits per heavy atom. The van der Waals surface area contributed by atoms with Crippen molar-refractivity contribution in [1.82, 2.24) is 20.0 Å². The molecule has 0 radical (unpaired) electrons. The highest BCUT2D eigenvalue weighted by molar-refractivity contribution is 5.67. The number of benzene rings is 2. The summed E-state index contributed by atoms with van der Waals surface area (Å²) in [6, 6.07) is 15.2. The zero-order valence-corrected chi connectivity index (χ0v) is 13.0. The highest BCUT2D eigenvalue weighted by Gasteiger charge is 2.10. The molecule has 0 aliphatic carbocycles. The van der Waals surface area contributed by atoms with E-state index in [1.807, 2.05) is 42.6 Å². The molecule has 0 aliphatic rings. The number of nitrogens with zero attached hydrogens (tertiary/aromatic N) is 4. The van der Waals surface area contributed by atoms with Crippen molar-refractivity contribution in [2.24, 2.45) is 0 Å². The molecule has 0 unspecified atom stereocenters. The molecule has 2 heterocycles. The number of pyridine rings is 1. The van der Waals surface area contributed by atoms with Crippen molar-refractivity contribution in [2.45, 2.75) is 6.54 Å². The standard InChI is InChI=1S/C18H13F2N5/c19-15-6-7-17(16(20)9-15)21-10-13-8-14(12-4-2-1-3-5-12)11-25-18(13)22-23-24-25/h1-9,11,21H,10H2. The molecule has 4 rings (SSSR count). The molecule has 0 aliphatic heterocycles. The Morgan fingerprint density at radius 1 is 0.960 bits per heavy atom. The molecule has 4 aromatic rings. The minimum atomic E-state index is -0.644. The molecule has 5 nitrogen and oxygen atoms in total. The lowest BCUT2D eigenvalue weighted by Crippen LogP contribution is -2.05. The van der Waals surface area contributed by atoms with Crippen LogP contribution in [0.2, 0.25) is 0 Å². The van der Waals surface area contributed by atoms with E-state index in [1.165, 1.54) is 12.1 Å². The van der Waals surface area contributed by atoms with Crippen LogP contribution in [-0.2, 0) is 6.54 Å². The Labute approximate surface area is 141 Å². The molecular formula is C18H13F2N5. The first-order valence-electron chi connectivity index (χ1n) is 7.66. The molecule has 0 saturated heterocycles. The van der Waals surface area contributed by atoms with Crippen molar-refractivity contribution in [3.63, 3.8) is 0 Å². The maximum Gasteiger partial charge on any atom is 0.184 e. The molecule has 1 N–H and O–H groups in total. The monoisotopic (exact) mass is 337 g/mol. The molecule has 0 saturated carbocycles. The van der Waals surface area contributed by atoms with Crippen molar-refractivity contribution in [2.75, 3.05) is 5.32 Å². The van der Waals surface area contributed by atoms with E-state index in [1.54, 1.807) is 4.52 Å². The van der Waals surface area contributed by atoms with Gasteiger partial charge in [-0.05, 0) is 34.2 Å². The average molecular weight is 337 g/mol.